The number of nitrogens with zero attached hydrogens (tertiary/aromatic N) is 1. The molecule has 1 saturated carbocycles. The molecule has 8 heteroatoms. The molecule has 1 amide bonds. The van der Waals surface area contributed by atoms with Crippen LogP contribution in [-0.4, -0.2) is 38.3 Å². The molecular formula is C19H26Cl2N2O3S. The maximum absolute atomic E-state index is 12.9. The molecule has 1 aliphatic heterocycles. The number of sulfonamides is 1. The Balaban J connectivity index is 1.54. The van der Waals surface area contributed by atoms with E-state index in [1.54, 1.807) is 6.07 Å². The van der Waals surface area contributed by atoms with E-state index >= 15 is 0 Å². The van der Waals surface area contributed by atoms with Gasteiger partial charge >= 0.3 is 0 Å². The molecule has 27 heavy (non-hydrogen) atoms. The van der Waals surface area contributed by atoms with Gasteiger partial charge in [0, 0.05) is 30.6 Å². The van der Waals surface area contributed by atoms with E-state index in [1.165, 1.54) is 48.5 Å². The smallest absolute Gasteiger partial charge is 0.244 e. The monoisotopic (exact) mass is 432 g/mol. The van der Waals surface area contributed by atoms with Crippen LogP contribution in [0.15, 0.2) is 23.1 Å². The highest BCUT2D eigenvalue weighted by Gasteiger charge is 2.33. The van der Waals surface area contributed by atoms with Crippen molar-refractivity contribution in [3.63, 3.8) is 0 Å². The molecule has 0 spiro atoms. The van der Waals surface area contributed by atoms with Gasteiger partial charge in [-0.15, -0.1) is 0 Å². The predicted octanol–water partition coefficient (Wildman–Crippen LogP) is 4.09. The SMILES string of the molecule is O=C(NCC1CCCCC1)C1CCN(S(=O)(=O)c2cc(Cl)ccc2Cl)CC1. The highest BCUT2D eigenvalue weighted by atomic mass is 35.5. The molecule has 0 radical (unpaired) electrons. The number of amides is 1. The topological polar surface area (TPSA) is 66.5 Å². The molecule has 1 saturated heterocycles. The zero-order valence-corrected chi connectivity index (χ0v) is 17.6. The maximum Gasteiger partial charge on any atom is 0.244 e. The van der Waals surface area contributed by atoms with E-state index in [-0.39, 0.29) is 21.7 Å². The molecule has 0 aromatic heterocycles. The molecule has 5 nitrogen and oxygen atoms in total. The van der Waals surface area contributed by atoms with Gasteiger partial charge < -0.3 is 5.32 Å². The van der Waals surface area contributed by atoms with Gasteiger partial charge in [-0.05, 0) is 49.8 Å². The molecular weight excluding hydrogens is 407 g/mol. The molecule has 150 valence electrons. The van der Waals surface area contributed by atoms with Crippen LogP contribution in [0.4, 0.5) is 0 Å². The molecule has 1 aromatic rings. The van der Waals surface area contributed by atoms with Crippen molar-refractivity contribution in [2.24, 2.45) is 11.8 Å². The number of rotatable bonds is 5. The first-order valence-corrected chi connectivity index (χ1v) is 11.8. The predicted molar refractivity (Wildman–Crippen MR) is 108 cm³/mol. The third kappa shape index (κ3) is 5.17. The van der Waals surface area contributed by atoms with Gasteiger partial charge in [-0.25, -0.2) is 8.42 Å². The van der Waals surface area contributed by atoms with E-state index in [4.69, 9.17) is 23.2 Å². The molecule has 0 atom stereocenters. The average Bonchev–Trinajstić information content (AvgIpc) is 2.68. The summed E-state index contributed by atoms with van der Waals surface area (Å²) in [6.45, 7) is 1.37. The first-order valence-electron chi connectivity index (χ1n) is 9.61. The summed E-state index contributed by atoms with van der Waals surface area (Å²) in [5.74, 6) is 0.515. The summed E-state index contributed by atoms with van der Waals surface area (Å²) in [4.78, 5) is 12.5. The van der Waals surface area contributed by atoms with Crippen molar-refractivity contribution in [3.8, 4) is 0 Å². The Kier molecular flexibility index (Phi) is 7.06. The summed E-state index contributed by atoms with van der Waals surface area (Å²) >= 11 is 12.0. The largest absolute Gasteiger partial charge is 0.356 e. The van der Waals surface area contributed by atoms with Crippen LogP contribution in [0.25, 0.3) is 0 Å². The van der Waals surface area contributed by atoms with Crippen LogP contribution >= 0.6 is 23.2 Å². The van der Waals surface area contributed by atoms with Crippen molar-refractivity contribution < 1.29 is 13.2 Å². The van der Waals surface area contributed by atoms with Gasteiger partial charge in [0.05, 0.1) is 5.02 Å². The lowest BCUT2D eigenvalue weighted by Crippen LogP contribution is -2.43. The van der Waals surface area contributed by atoms with Crippen LogP contribution in [-0.2, 0) is 14.8 Å². The second-order valence-corrected chi connectivity index (χ2v) is 10.3. The lowest BCUT2D eigenvalue weighted by Gasteiger charge is -2.31. The third-order valence-electron chi connectivity index (χ3n) is 5.63. The van der Waals surface area contributed by atoms with Gasteiger partial charge in [0.1, 0.15) is 4.90 Å². The van der Waals surface area contributed by atoms with E-state index in [0.29, 0.717) is 36.9 Å². The Hall–Kier alpha value is -0.820. The average molecular weight is 433 g/mol. The first-order chi connectivity index (χ1) is 12.9. The van der Waals surface area contributed by atoms with Gasteiger partial charge in [0.25, 0.3) is 0 Å². The van der Waals surface area contributed by atoms with Crippen molar-refractivity contribution in [2.45, 2.75) is 49.8 Å². The van der Waals surface area contributed by atoms with Crippen molar-refractivity contribution >= 4 is 39.1 Å². The number of carbonyl (C=O) groups excluding carboxylic acids is 1. The summed E-state index contributed by atoms with van der Waals surface area (Å²) in [5.41, 5.74) is 0. The Bertz CT molecular complexity index is 771. The number of hydrogen-bond acceptors (Lipinski definition) is 3. The van der Waals surface area contributed by atoms with Gasteiger partial charge in [-0.1, -0.05) is 42.5 Å². The fraction of sp³-hybridized carbons (Fsp3) is 0.632. The van der Waals surface area contributed by atoms with Gasteiger partial charge in [0.2, 0.25) is 15.9 Å². The van der Waals surface area contributed by atoms with Crippen molar-refractivity contribution in [3.05, 3.63) is 28.2 Å². The molecule has 2 aliphatic rings. The number of nitrogens with one attached hydrogen (secondary N) is 1. The van der Waals surface area contributed by atoms with Crippen LogP contribution < -0.4 is 5.32 Å². The Morgan fingerprint density at radius 2 is 1.74 bits per heavy atom. The molecule has 1 N–H and O–H groups in total. The quantitative estimate of drug-likeness (QED) is 0.761. The number of halogens is 2. The van der Waals surface area contributed by atoms with Crippen LogP contribution in [0.1, 0.15) is 44.9 Å². The Morgan fingerprint density at radius 1 is 1.07 bits per heavy atom. The number of piperidine rings is 1. The molecule has 1 aromatic carbocycles. The molecule has 1 heterocycles. The highest BCUT2D eigenvalue weighted by molar-refractivity contribution is 7.89. The standard InChI is InChI=1S/C19H26Cl2N2O3S/c20-16-6-7-17(21)18(12-16)27(25,26)23-10-8-15(9-11-23)19(24)22-13-14-4-2-1-3-5-14/h6-7,12,14-15H,1-5,8-11,13H2,(H,22,24). The molecule has 0 unspecified atom stereocenters. The molecule has 3 rings (SSSR count). The zero-order valence-electron chi connectivity index (χ0n) is 15.3. The van der Waals surface area contributed by atoms with Crippen LogP contribution in [0.3, 0.4) is 0 Å². The van der Waals surface area contributed by atoms with Crippen molar-refractivity contribution in [1.29, 1.82) is 0 Å². The number of carbonyl (C=O) groups is 1. The lowest BCUT2D eigenvalue weighted by molar-refractivity contribution is -0.126. The molecule has 1 aliphatic carbocycles. The normalized spacial score (nSPS) is 20.5. The summed E-state index contributed by atoms with van der Waals surface area (Å²) < 4.78 is 27.1. The van der Waals surface area contributed by atoms with E-state index in [9.17, 15) is 13.2 Å². The Labute approximate surface area is 171 Å². The van der Waals surface area contributed by atoms with Crippen molar-refractivity contribution in [2.75, 3.05) is 19.6 Å². The first kappa shape index (κ1) is 20.9. The van der Waals surface area contributed by atoms with Crippen LogP contribution in [0.2, 0.25) is 10.0 Å². The van der Waals surface area contributed by atoms with Gasteiger partial charge in [-0.3, -0.25) is 4.79 Å². The zero-order chi connectivity index (χ0) is 19.4. The number of hydrogen-bond donors (Lipinski definition) is 1. The highest BCUT2D eigenvalue weighted by Crippen LogP contribution is 2.30. The van der Waals surface area contributed by atoms with Crippen molar-refractivity contribution in [1.82, 2.24) is 9.62 Å². The second kappa shape index (κ2) is 9.12. The minimum Gasteiger partial charge on any atom is -0.356 e. The molecule has 2 fully saturated rings. The van der Waals surface area contributed by atoms with E-state index < -0.39 is 10.0 Å². The lowest BCUT2D eigenvalue weighted by atomic mass is 9.89. The van der Waals surface area contributed by atoms with E-state index in [1.807, 2.05) is 0 Å². The Morgan fingerprint density at radius 3 is 2.41 bits per heavy atom. The van der Waals surface area contributed by atoms with Gasteiger partial charge in [0.15, 0.2) is 0 Å². The minimum atomic E-state index is -3.71. The summed E-state index contributed by atoms with van der Waals surface area (Å²) in [7, 11) is -3.71. The summed E-state index contributed by atoms with van der Waals surface area (Å²) in [6, 6.07) is 4.43. The minimum absolute atomic E-state index is 0.0249. The fourth-order valence-electron chi connectivity index (χ4n) is 3.95. The van der Waals surface area contributed by atoms with E-state index in [2.05, 4.69) is 5.32 Å². The van der Waals surface area contributed by atoms with Crippen LogP contribution in [0.5, 0.6) is 0 Å². The fourth-order valence-corrected chi connectivity index (χ4v) is 6.16. The van der Waals surface area contributed by atoms with E-state index in [0.717, 1.165) is 6.54 Å². The second-order valence-electron chi connectivity index (χ2n) is 7.50. The number of benzene rings is 1. The summed E-state index contributed by atoms with van der Waals surface area (Å²) in [6.07, 6.45) is 7.23. The maximum atomic E-state index is 12.9. The third-order valence-corrected chi connectivity index (χ3v) is 8.24. The molecule has 0 bridgehead atoms. The summed E-state index contributed by atoms with van der Waals surface area (Å²) in [5, 5.41) is 3.57. The van der Waals surface area contributed by atoms with Gasteiger partial charge in [-0.2, -0.15) is 4.31 Å². The van der Waals surface area contributed by atoms with Crippen LogP contribution in [0, 0.1) is 11.8 Å².